The number of aromatic amines is 1. The molecule has 2 aromatic heterocycles. The Morgan fingerprint density at radius 2 is 1.96 bits per heavy atom. The molecule has 0 saturated heterocycles. The van der Waals surface area contributed by atoms with E-state index in [0.717, 1.165) is 6.42 Å². The summed E-state index contributed by atoms with van der Waals surface area (Å²) < 4.78 is 19.9. The summed E-state index contributed by atoms with van der Waals surface area (Å²) in [6.45, 7) is 4.29. The van der Waals surface area contributed by atoms with Crippen molar-refractivity contribution in [3.8, 4) is 16.9 Å². The third-order valence-corrected chi connectivity index (χ3v) is 3.69. The lowest BCUT2D eigenvalue weighted by molar-refractivity contribution is 0.320. The Labute approximate surface area is 133 Å². The van der Waals surface area contributed by atoms with Gasteiger partial charge in [-0.25, -0.2) is 4.39 Å². The van der Waals surface area contributed by atoms with Gasteiger partial charge in [-0.2, -0.15) is 0 Å². The molecule has 1 aromatic carbocycles. The van der Waals surface area contributed by atoms with E-state index in [4.69, 9.17) is 4.74 Å². The second-order valence-electron chi connectivity index (χ2n) is 5.33. The van der Waals surface area contributed by atoms with Crippen LogP contribution < -0.4 is 10.2 Å². The van der Waals surface area contributed by atoms with Crippen LogP contribution in [0.3, 0.4) is 0 Å². The van der Waals surface area contributed by atoms with Crippen LogP contribution in [0.1, 0.15) is 19.0 Å². The Morgan fingerprint density at radius 3 is 2.65 bits per heavy atom. The van der Waals surface area contributed by atoms with E-state index in [0.29, 0.717) is 34.7 Å². The van der Waals surface area contributed by atoms with Crippen LogP contribution in [0.15, 0.2) is 41.5 Å². The van der Waals surface area contributed by atoms with E-state index in [9.17, 15) is 9.18 Å². The summed E-state index contributed by atoms with van der Waals surface area (Å²) in [7, 11) is 0. The normalized spacial score (nSPS) is 10.9. The maximum Gasteiger partial charge on any atom is 0.200 e. The molecule has 0 radical (unpaired) electrons. The Kier molecular flexibility index (Phi) is 4.10. The minimum atomic E-state index is -0.555. The average molecular weight is 312 g/mol. The van der Waals surface area contributed by atoms with E-state index in [-0.39, 0.29) is 10.8 Å². The van der Waals surface area contributed by atoms with Crippen LogP contribution in [-0.2, 0) is 0 Å². The van der Waals surface area contributed by atoms with Gasteiger partial charge in [0.15, 0.2) is 0 Å². The molecule has 0 atom stereocenters. The first-order chi connectivity index (χ1) is 11.1. The van der Waals surface area contributed by atoms with E-state index in [1.807, 2.05) is 6.92 Å². The second kappa shape index (κ2) is 6.20. The summed E-state index contributed by atoms with van der Waals surface area (Å²) in [5.41, 5.74) is 1.88. The van der Waals surface area contributed by atoms with E-state index in [1.165, 1.54) is 6.07 Å². The van der Waals surface area contributed by atoms with Gasteiger partial charge in [0.05, 0.1) is 17.5 Å². The van der Waals surface area contributed by atoms with Gasteiger partial charge in [0.25, 0.3) is 0 Å². The number of hydrogen-bond acceptors (Lipinski definition) is 3. The number of H-pyrrole nitrogens is 1. The predicted molar refractivity (Wildman–Crippen MR) is 88.3 cm³/mol. The Hall–Kier alpha value is -2.69. The highest BCUT2D eigenvalue weighted by Crippen LogP contribution is 2.28. The Bertz CT molecular complexity index is 904. The van der Waals surface area contributed by atoms with Crippen LogP contribution in [-0.4, -0.2) is 16.6 Å². The fourth-order valence-electron chi connectivity index (χ4n) is 2.65. The summed E-state index contributed by atoms with van der Waals surface area (Å²) in [5.74, 6) is -0.0647. The van der Waals surface area contributed by atoms with Gasteiger partial charge in [0.2, 0.25) is 5.43 Å². The molecule has 2 heterocycles. The second-order valence-corrected chi connectivity index (χ2v) is 5.33. The molecule has 118 valence electrons. The highest BCUT2D eigenvalue weighted by atomic mass is 19.1. The molecule has 0 saturated carbocycles. The standard InChI is InChI=1S/C18H17FN2O2/c1-3-10-23-14-5-4-13(19)16-17(14)21-11(2)15(18(16)22)12-6-8-20-9-7-12/h4-9H,3,10H2,1-2H3,(H,21,22). The number of pyridine rings is 2. The third kappa shape index (κ3) is 2.70. The topological polar surface area (TPSA) is 55.0 Å². The van der Waals surface area contributed by atoms with Crippen molar-refractivity contribution in [1.82, 2.24) is 9.97 Å². The summed E-state index contributed by atoms with van der Waals surface area (Å²) in [5, 5.41) is 0.0241. The van der Waals surface area contributed by atoms with Crippen LogP contribution in [0.2, 0.25) is 0 Å². The van der Waals surface area contributed by atoms with Crippen LogP contribution >= 0.6 is 0 Å². The molecular formula is C18H17FN2O2. The van der Waals surface area contributed by atoms with Gasteiger partial charge in [0, 0.05) is 23.7 Å². The molecular weight excluding hydrogens is 295 g/mol. The van der Waals surface area contributed by atoms with E-state index >= 15 is 0 Å². The van der Waals surface area contributed by atoms with E-state index in [1.54, 1.807) is 37.5 Å². The van der Waals surface area contributed by atoms with Crippen molar-refractivity contribution in [1.29, 1.82) is 0 Å². The van der Waals surface area contributed by atoms with Crippen LogP contribution in [0, 0.1) is 12.7 Å². The molecule has 3 aromatic rings. The highest BCUT2D eigenvalue weighted by molar-refractivity contribution is 5.89. The van der Waals surface area contributed by atoms with Crippen molar-refractivity contribution in [2.75, 3.05) is 6.61 Å². The van der Waals surface area contributed by atoms with E-state index in [2.05, 4.69) is 9.97 Å². The largest absolute Gasteiger partial charge is 0.491 e. The highest BCUT2D eigenvalue weighted by Gasteiger charge is 2.17. The van der Waals surface area contributed by atoms with Crippen LogP contribution in [0.25, 0.3) is 22.0 Å². The molecule has 4 nitrogen and oxygen atoms in total. The zero-order chi connectivity index (χ0) is 16.4. The average Bonchev–Trinajstić information content (AvgIpc) is 2.55. The molecule has 1 N–H and O–H groups in total. The van der Waals surface area contributed by atoms with Gasteiger partial charge in [0.1, 0.15) is 11.6 Å². The zero-order valence-corrected chi connectivity index (χ0v) is 13.0. The fraction of sp³-hybridized carbons (Fsp3) is 0.222. The molecule has 0 bridgehead atoms. The van der Waals surface area contributed by atoms with Crippen molar-refractivity contribution in [3.05, 3.63) is 58.4 Å². The number of nitrogens with one attached hydrogen (secondary N) is 1. The summed E-state index contributed by atoms with van der Waals surface area (Å²) in [6, 6.07) is 6.29. The first-order valence-corrected chi connectivity index (χ1v) is 7.51. The SMILES string of the molecule is CCCOc1ccc(F)c2c(=O)c(-c3ccncc3)c(C)[nH]c12. The Balaban J connectivity index is 2.31. The molecule has 0 aliphatic rings. The summed E-state index contributed by atoms with van der Waals surface area (Å²) in [6.07, 6.45) is 4.04. The van der Waals surface area contributed by atoms with Crippen LogP contribution in [0.4, 0.5) is 4.39 Å². The summed E-state index contributed by atoms with van der Waals surface area (Å²) >= 11 is 0. The van der Waals surface area contributed by atoms with Gasteiger partial charge in [-0.05, 0) is 43.2 Å². The Morgan fingerprint density at radius 1 is 1.22 bits per heavy atom. The number of rotatable bonds is 4. The number of fused-ring (bicyclic) bond motifs is 1. The maximum absolute atomic E-state index is 14.3. The number of hydrogen-bond donors (Lipinski definition) is 1. The van der Waals surface area contributed by atoms with Crippen molar-refractivity contribution in [2.45, 2.75) is 20.3 Å². The minimum absolute atomic E-state index is 0.0241. The lowest BCUT2D eigenvalue weighted by Gasteiger charge is -2.12. The van der Waals surface area contributed by atoms with Gasteiger partial charge >= 0.3 is 0 Å². The predicted octanol–water partition coefficient (Wildman–Crippen LogP) is 3.83. The maximum atomic E-state index is 14.3. The molecule has 0 fully saturated rings. The number of ether oxygens (including phenoxy) is 1. The third-order valence-electron chi connectivity index (χ3n) is 3.69. The molecule has 0 aliphatic carbocycles. The molecule has 3 rings (SSSR count). The number of aromatic nitrogens is 2. The number of nitrogens with zero attached hydrogens (tertiary/aromatic N) is 1. The van der Waals surface area contributed by atoms with Gasteiger partial charge in [-0.3, -0.25) is 9.78 Å². The van der Waals surface area contributed by atoms with Gasteiger partial charge < -0.3 is 9.72 Å². The number of aryl methyl sites for hydroxylation is 1. The minimum Gasteiger partial charge on any atom is -0.491 e. The molecule has 5 heteroatoms. The smallest absolute Gasteiger partial charge is 0.200 e. The lowest BCUT2D eigenvalue weighted by Crippen LogP contribution is -2.12. The summed E-state index contributed by atoms with van der Waals surface area (Å²) in [4.78, 5) is 19.9. The zero-order valence-electron chi connectivity index (χ0n) is 13.0. The van der Waals surface area contributed by atoms with Crippen LogP contribution in [0.5, 0.6) is 5.75 Å². The fourth-order valence-corrected chi connectivity index (χ4v) is 2.65. The molecule has 0 spiro atoms. The number of benzene rings is 1. The molecule has 0 aliphatic heterocycles. The number of halogens is 1. The van der Waals surface area contributed by atoms with Crippen molar-refractivity contribution in [2.24, 2.45) is 0 Å². The van der Waals surface area contributed by atoms with Crippen molar-refractivity contribution in [3.63, 3.8) is 0 Å². The molecule has 0 amide bonds. The van der Waals surface area contributed by atoms with Crippen molar-refractivity contribution >= 4 is 10.9 Å². The molecule has 23 heavy (non-hydrogen) atoms. The quantitative estimate of drug-likeness (QED) is 0.796. The van der Waals surface area contributed by atoms with Crippen molar-refractivity contribution < 1.29 is 9.13 Å². The first-order valence-electron chi connectivity index (χ1n) is 7.51. The first kappa shape index (κ1) is 15.2. The van der Waals surface area contributed by atoms with Gasteiger partial charge in [-0.1, -0.05) is 6.92 Å². The van der Waals surface area contributed by atoms with E-state index < -0.39 is 5.82 Å². The molecule has 0 unspecified atom stereocenters. The monoisotopic (exact) mass is 312 g/mol. The lowest BCUT2D eigenvalue weighted by atomic mass is 10.0. The van der Waals surface area contributed by atoms with Gasteiger partial charge in [-0.15, -0.1) is 0 Å².